The van der Waals surface area contributed by atoms with E-state index in [1.54, 1.807) is 0 Å². The van der Waals surface area contributed by atoms with Gasteiger partial charge in [0.1, 0.15) is 0 Å². The number of hydrogen-bond donors (Lipinski definition) is 1. The van der Waals surface area contributed by atoms with Gasteiger partial charge in [0.2, 0.25) is 5.91 Å². The SMILES string of the molecule is C=CC1CC(=O)N(C2C(C)CC(C)(C)C2CN)C1. The van der Waals surface area contributed by atoms with Crippen LogP contribution in [0.15, 0.2) is 12.7 Å². The highest BCUT2D eigenvalue weighted by Crippen LogP contribution is 2.48. The zero-order chi connectivity index (χ0) is 13.5. The Bertz CT molecular complexity index is 350. The van der Waals surface area contributed by atoms with Crippen LogP contribution >= 0.6 is 0 Å². The zero-order valence-electron chi connectivity index (χ0n) is 11.9. The summed E-state index contributed by atoms with van der Waals surface area (Å²) in [5.41, 5.74) is 6.23. The zero-order valence-corrected chi connectivity index (χ0v) is 11.9. The number of hydrogen-bond acceptors (Lipinski definition) is 2. The van der Waals surface area contributed by atoms with Crippen molar-refractivity contribution in [2.45, 2.75) is 39.7 Å². The van der Waals surface area contributed by atoms with Crippen LogP contribution in [-0.4, -0.2) is 29.9 Å². The standard InChI is InChI=1S/C15H26N2O/c1-5-11-6-13(18)17(9-11)14-10(2)7-15(3,4)12(14)8-16/h5,10-12,14H,1,6-9,16H2,2-4H3. The highest BCUT2D eigenvalue weighted by Gasteiger charge is 2.50. The van der Waals surface area contributed by atoms with E-state index in [-0.39, 0.29) is 11.3 Å². The molecule has 3 nitrogen and oxygen atoms in total. The van der Waals surface area contributed by atoms with E-state index in [9.17, 15) is 4.79 Å². The molecule has 2 fully saturated rings. The Hall–Kier alpha value is -0.830. The third-order valence-electron chi connectivity index (χ3n) is 4.98. The van der Waals surface area contributed by atoms with Gasteiger partial charge in [0.15, 0.2) is 0 Å². The molecule has 0 radical (unpaired) electrons. The van der Waals surface area contributed by atoms with Crippen molar-refractivity contribution in [3.8, 4) is 0 Å². The van der Waals surface area contributed by atoms with E-state index in [2.05, 4.69) is 32.3 Å². The lowest BCUT2D eigenvalue weighted by atomic mass is 9.80. The number of carbonyl (C=O) groups is 1. The smallest absolute Gasteiger partial charge is 0.223 e. The quantitative estimate of drug-likeness (QED) is 0.779. The minimum atomic E-state index is 0.241. The van der Waals surface area contributed by atoms with E-state index in [4.69, 9.17) is 5.73 Å². The summed E-state index contributed by atoms with van der Waals surface area (Å²) in [6, 6.07) is 0.322. The maximum atomic E-state index is 12.2. The van der Waals surface area contributed by atoms with Crippen LogP contribution in [0, 0.1) is 23.2 Å². The van der Waals surface area contributed by atoms with Crippen LogP contribution in [0.25, 0.3) is 0 Å². The lowest BCUT2D eigenvalue weighted by Crippen LogP contribution is -2.46. The Morgan fingerprint density at radius 3 is 2.72 bits per heavy atom. The molecule has 2 N–H and O–H groups in total. The van der Waals surface area contributed by atoms with Crippen LogP contribution < -0.4 is 5.73 Å². The summed E-state index contributed by atoms with van der Waals surface area (Å²) in [6.45, 7) is 12.2. The maximum absolute atomic E-state index is 12.2. The number of likely N-dealkylation sites (tertiary alicyclic amines) is 1. The molecule has 0 aromatic rings. The van der Waals surface area contributed by atoms with E-state index in [0.717, 1.165) is 13.0 Å². The van der Waals surface area contributed by atoms with Crippen molar-refractivity contribution >= 4 is 5.91 Å². The predicted molar refractivity (Wildman–Crippen MR) is 73.9 cm³/mol. The van der Waals surface area contributed by atoms with Crippen LogP contribution in [0.4, 0.5) is 0 Å². The first kappa shape index (κ1) is 13.6. The molecular weight excluding hydrogens is 224 g/mol. The van der Waals surface area contributed by atoms with Gasteiger partial charge in [0, 0.05) is 24.9 Å². The molecule has 18 heavy (non-hydrogen) atoms. The molecule has 2 aliphatic rings. The second-order valence-electron chi connectivity index (χ2n) is 6.75. The van der Waals surface area contributed by atoms with E-state index in [1.165, 1.54) is 0 Å². The molecule has 4 atom stereocenters. The van der Waals surface area contributed by atoms with Crippen molar-refractivity contribution in [1.82, 2.24) is 4.90 Å². The minimum Gasteiger partial charge on any atom is -0.338 e. The molecule has 1 aliphatic heterocycles. The Morgan fingerprint density at radius 1 is 1.56 bits per heavy atom. The van der Waals surface area contributed by atoms with Crippen LogP contribution in [0.2, 0.25) is 0 Å². The first-order chi connectivity index (χ1) is 8.40. The Labute approximate surface area is 110 Å². The second-order valence-corrected chi connectivity index (χ2v) is 6.75. The van der Waals surface area contributed by atoms with Crippen molar-refractivity contribution in [3.63, 3.8) is 0 Å². The van der Waals surface area contributed by atoms with E-state index in [0.29, 0.717) is 36.8 Å². The van der Waals surface area contributed by atoms with Crippen molar-refractivity contribution in [1.29, 1.82) is 0 Å². The number of rotatable bonds is 3. The lowest BCUT2D eigenvalue weighted by molar-refractivity contribution is -0.131. The van der Waals surface area contributed by atoms with Crippen LogP contribution in [0.1, 0.15) is 33.6 Å². The third kappa shape index (κ3) is 2.09. The predicted octanol–water partition coefficient (Wildman–Crippen LogP) is 2.03. The molecule has 0 spiro atoms. The highest BCUT2D eigenvalue weighted by molar-refractivity contribution is 5.79. The maximum Gasteiger partial charge on any atom is 0.223 e. The number of nitrogens with two attached hydrogens (primary N) is 1. The van der Waals surface area contributed by atoms with Crippen molar-refractivity contribution in [3.05, 3.63) is 12.7 Å². The molecule has 3 heteroatoms. The molecule has 1 amide bonds. The largest absolute Gasteiger partial charge is 0.338 e. The van der Waals surface area contributed by atoms with Gasteiger partial charge >= 0.3 is 0 Å². The minimum absolute atomic E-state index is 0.241. The van der Waals surface area contributed by atoms with Crippen LogP contribution in [0.5, 0.6) is 0 Å². The average molecular weight is 250 g/mol. The molecule has 102 valence electrons. The molecule has 0 aromatic heterocycles. The van der Waals surface area contributed by atoms with Gasteiger partial charge in [-0.1, -0.05) is 26.8 Å². The number of carbonyl (C=O) groups excluding carboxylic acids is 1. The molecule has 0 bridgehead atoms. The van der Waals surface area contributed by atoms with Gasteiger partial charge in [-0.15, -0.1) is 6.58 Å². The normalized spacial score (nSPS) is 39.3. The van der Waals surface area contributed by atoms with Gasteiger partial charge in [0.05, 0.1) is 0 Å². The van der Waals surface area contributed by atoms with Crippen LogP contribution in [0.3, 0.4) is 0 Å². The molecule has 1 heterocycles. The number of nitrogens with zero attached hydrogens (tertiary/aromatic N) is 1. The summed E-state index contributed by atoms with van der Waals surface area (Å²) in [5, 5.41) is 0. The molecule has 1 saturated heterocycles. The van der Waals surface area contributed by atoms with Gasteiger partial charge in [-0.05, 0) is 30.2 Å². The summed E-state index contributed by atoms with van der Waals surface area (Å²) in [6.07, 6.45) is 3.70. The van der Waals surface area contributed by atoms with Gasteiger partial charge in [0.25, 0.3) is 0 Å². The molecular formula is C15H26N2O. The van der Waals surface area contributed by atoms with Gasteiger partial charge in [-0.2, -0.15) is 0 Å². The van der Waals surface area contributed by atoms with E-state index in [1.807, 2.05) is 6.08 Å². The summed E-state index contributed by atoms with van der Waals surface area (Å²) < 4.78 is 0. The summed E-state index contributed by atoms with van der Waals surface area (Å²) in [5.74, 6) is 1.57. The van der Waals surface area contributed by atoms with E-state index < -0.39 is 0 Å². The first-order valence-corrected chi connectivity index (χ1v) is 7.02. The molecule has 0 aromatic carbocycles. The Morgan fingerprint density at radius 2 is 2.22 bits per heavy atom. The summed E-state index contributed by atoms with van der Waals surface area (Å²) in [7, 11) is 0. The van der Waals surface area contributed by atoms with Crippen LogP contribution in [-0.2, 0) is 4.79 Å². The fourth-order valence-electron chi connectivity index (χ4n) is 4.15. The van der Waals surface area contributed by atoms with Gasteiger partial charge in [-0.25, -0.2) is 0 Å². The second kappa shape index (κ2) is 4.69. The van der Waals surface area contributed by atoms with Gasteiger partial charge in [-0.3, -0.25) is 4.79 Å². The Balaban J connectivity index is 2.22. The number of amides is 1. The first-order valence-electron chi connectivity index (χ1n) is 7.02. The topological polar surface area (TPSA) is 46.3 Å². The molecule has 1 saturated carbocycles. The fraction of sp³-hybridized carbons (Fsp3) is 0.800. The molecule has 1 aliphatic carbocycles. The fourth-order valence-corrected chi connectivity index (χ4v) is 4.15. The molecule has 2 rings (SSSR count). The van der Waals surface area contributed by atoms with E-state index >= 15 is 0 Å². The summed E-state index contributed by atoms with van der Waals surface area (Å²) >= 11 is 0. The Kier molecular flexibility index (Phi) is 3.54. The lowest BCUT2D eigenvalue weighted by Gasteiger charge is -2.35. The van der Waals surface area contributed by atoms with Crippen molar-refractivity contribution < 1.29 is 4.79 Å². The summed E-state index contributed by atoms with van der Waals surface area (Å²) in [4.78, 5) is 14.3. The van der Waals surface area contributed by atoms with Gasteiger partial charge < -0.3 is 10.6 Å². The average Bonchev–Trinajstić information content (AvgIpc) is 2.75. The molecule has 4 unspecified atom stereocenters. The third-order valence-corrected chi connectivity index (χ3v) is 4.98. The monoisotopic (exact) mass is 250 g/mol. The highest BCUT2D eigenvalue weighted by atomic mass is 16.2. The van der Waals surface area contributed by atoms with Crippen molar-refractivity contribution in [2.75, 3.05) is 13.1 Å². The van der Waals surface area contributed by atoms with Crippen molar-refractivity contribution in [2.24, 2.45) is 28.9 Å².